The van der Waals surface area contributed by atoms with Crippen LogP contribution in [-0.4, -0.2) is 94.9 Å². The topological polar surface area (TPSA) is 128 Å². The van der Waals surface area contributed by atoms with Crippen LogP contribution in [0.5, 0.6) is 5.75 Å². The maximum Gasteiger partial charge on any atom is 0.408 e. The highest BCUT2D eigenvalue weighted by Gasteiger charge is 2.57. The summed E-state index contributed by atoms with van der Waals surface area (Å²) in [4.78, 5) is 45.2. The quantitative estimate of drug-likeness (QED) is 0.345. The molecule has 0 aromatic heterocycles. The number of methoxy groups -OCH3 is 1. The number of sulfonamides is 1. The van der Waals surface area contributed by atoms with Crippen molar-refractivity contribution in [2.45, 2.75) is 55.0 Å². The second-order valence-corrected chi connectivity index (χ2v) is 14.8. The Hall–Kier alpha value is -3.65. The second kappa shape index (κ2) is 12.9. The summed E-state index contributed by atoms with van der Waals surface area (Å²) in [5, 5.41) is 10.6. The van der Waals surface area contributed by atoms with Gasteiger partial charge in [-0.15, -0.1) is 0 Å². The number of ether oxygens (including phenoxy) is 1. The van der Waals surface area contributed by atoms with E-state index in [4.69, 9.17) is 16.3 Å². The molecule has 0 radical (unpaired) electrons. The molecular formula is C32H32BrClN4O7S. The van der Waals surface area contributed by atoms with Crippen LogP contribution in [0.2, 0.25) is 5.02 Å². The molecule has 3 atom stereocenters. The van der Waals surface area contributed by atoms with Gasteiger partial charge in [-0.2, -0.15) is 4.31 Å². The number of carbonyl (C=O) groups excluding carboxylic acids is 2. The molecule has 2 saturated heterocycles. The molecule has 1 N–H and O–H groups in total. The van der Waals surface area contributed by atoms with Crippen molar-refractivity contribution in [1.82, 2.24) is 19.0 Å². The lowest BCUT2D eigenvalue weighted by Gasteiger charge is -2.54. The number of hydrogen-bond donors (Lipinski definition) is 1. The van der Waals surface area contributed by atoms with Gasteiger partial charge in [-0.05, 0) is 54.3 Å². The van der Waals surface area contributed by atoms with Gasteiger partial charge in [-0.1, -0.05) is 70.0 Å². The molecule has 6 rings (SSSR count). The van der Waals surface area contributed by atoms with Crippen LogP contribution in [0.4, 0.5) is 4.79 Å². The first-order chi connectivity index (χ1) is 22.0. The number of amides is 3. The fourth-order valence-corrected chi connectivity index (χ4v) is 8.51. The number of carbonyl (C=O) groups is 3. The summed E-state index contributed by atoms with van der Waals surface area (Å²) in [6.45, 7) is -0.680. The first kappa shape index (κ1) is 32.3. The van der Waals surface area contributed by atoms with Crippen molar-refractivity contribution in [1.29, 1.82) is 0 Å². The molecule has 1 saturated carbocycles. The van der Waals surface area contributed by atoms with Gasteiger partial charge in [-0.25, -0.2) is 13.2 Å². The summed E-state index contributed by atoms with van der Waals surface area (Å²) < 4.78 is 36.6. The molecule has 2 aliphatic heterocycles. The third-order valence-corrected chi connectivity index (χ3v) is 11.3. The van der Waals surface area contributed by atoms with Gasteiger partial charge in [0.05, 0.1) is 13.7 Å². The van der Waals surface area contributed by atoms with E-state index in [1.165, 1.54) is 30.2 Å². The van der Waals surface area contributed by atoms with Gasteiger partial charge >= 0.3 is 6.09 Å². The largest absolute Gasteiger partial charge is 0.495 e. The van der Waals surface area contributed by atoms with Gasteiger partial charge in [0, 0.05) is 35.0 Å². The van der Waals surface area contributed by atoms with E-state index in [-0.39, 0.29) is 47.1 Å². The van der Waals surface area contributed by atoms with Crippen LogP contribution in [0.3, 0.4) is 0 Å². The molecule has 14 heteroatoms. The van der Waals surface area contributed by atoms with E-state index in [9.17, 15) is 27.9 Å². The first-order valence-corrected chi connectivity index (χ1v) is 17.4. The first-order valence-electron chi connectivity index (χ1n) is 14.8. The summed E-state index contributed by atoms with van der Waals surface area (Å²) in [5.74, 6) is -0.877. The summed E-state index contributed by atoms with van der Waals surface area (Å²) in [6, 6.07) is 17.7. The zero-order chi connectivity index (χ0) is 32.7. The molecule has 3 aromatic rings. The van der Waals surface area contributed by atoms with Crippen LogP contribution in [0.25, 0.3) is 0 Å². The minimum Gasteiger partial charge on any atom is -0.495 e. The number of piperazine rings is 1. The van der Waals surface area contributed by atoms with Crippen molar-refractivity contribution in [3.8, 4) is 5.75 Å². The Bertz CT molecular complexity index is 1760. The van der Waals surface area contributed by atoms with Gasteiger partial charge < -0.3 is 19.6 Å². The van der Waals surface area contributed by atoms with Crippen LogP contribution >= 0.6 is 27.5 Å². The highest BCUT2D eigenvalue weighted by molar-refractivity contribution is 9.10. The number of nitrogens with zero attached hydrogens (tertiary/aromatic N) is 4. The monoisotopic (exact) mass is 730 g/mol. The molecule has 242 valence electrons. The van der Waals surface area contributed by atoms with E-state index in [2.05, 4.69) is 15.9 Å². The van der Waals surface area contributed by atoms with Crippen molar-refractivity contribution in [2.24, 2.45) is 0 Å². The zero-order valence-corrected chi connectivity index (χ0v) is 28.0. The Kier molecular flexibility index (Phi) is 9.03. The van der Waals surface area contributed by atoms with Crippen LogP contribution in [0, 0.1) is 0 Å². The summed E-state index contributed by atoms with van der Waals surface area (Å²) in [6.07, 6.45) is -0.823. The molecule has 2 heterocycles. The van der Waals surface area contributed by atoms with Crippen LogP contribution < -0.4 is 4.74 Å². The fraction of sp³-hybridized carbons (Fsp3) is 0.344. The highest BCUT2D eigenvalue weighted by atomic mass is 79.9. The molecule has 1 aliphatic carbocycles. The van der Waals surface area contributed by atoms with Gasteiger partial charge in [0.15, 0.2) is 0 Å². The molecular weight excluding hydrogens is 700 g/mol. The van der Waals surface area contributed by atoms with Crippen molar-refractivity contribution in [3.05, 3.63) is 93.4 Å². The van der Waals surface area contributed by atoms with Gasteiger partial charge in [0.1, 0.15) is 28.9 Å². The minimum atomic E-state index is -4.47. The predicted molar refractivity (Wildman–Crippen MR) is 173 cm³/mol. The normalized spacial score (nSPS) is 22.0. The summed E-state index contributed by atoms with van der Waals surface area (Å²) in [7, 11) is -3.13. The van der Waals surface area contributed by atoms with Gasteiger partial charge in [-0.3, -0.25) is 14.5 Å². The number of halogens is 2. The van der Waals surface area contributed by atoms with Crippen LogP contribution in [-0.2, 0) is 32.6 Å². The molecule has 46 heavy (non-hydrogen) atoms. The average molecular weight is 732 g/mol. The number of benzene rings is 3. The van der Waals surface area contributed by atoms with Crippen LogP contribution in [0.1, 0.15) is 24.0 Å². The van der Waals surface area contributed by atoms with Crippen molar-refractivity contribution in [3.63, 3.8) is 0 Å². The standard InChI is InChI=1S/C32H32BrClN4O7S/c1-45-27-14-11-23(34)16-28(27)46(43,44)37-18-26(36(32(41)42)17-21-5-3-2-4-6-21)31(40)38-25(15-20-7-9-22(33)10-8-20)30(39)35(19-29(37)38)24-12-13-24/h2-11,14,16,24-26,29H,12-13,15,17-19H2,1H3,(H,41,42). The zero-order valence-electron chi connectivity index (χ0n) is 24.8. The maximum absolute atomic E-state index is 14.6. The number of rotatable bonds is 9. The lowest BCUT2D eigenvalue weighted by molar-refractivity contribution is -0.170. The Morgan fingerprint density at radius 3 is 2.33 bits per heavy atom. The predicted octanol–water partition coefficient (Wildman–Crippen LogP) is 4.43. The Morgan fingerprint density at radius 1 is 1.00 bits per heavy atom. The minimum absolute atomic E-state index is 0.0427. The van der Waals surface area contributed by atoms with E-state index in [0.29, 0.717) is 5.56 Å². The second-order valence-electron chi connectivity index (χ2n) is 11.6. The maximum atomic E-state index is 14.6. The Morgan fingerprint density at radius 2 is 1.70 bits per heavy atom. The highest BCUT2D eigenvalue weighted by Crippen LogP contribution is 2.39. The van der Waals surface area contributed by atoms with Gasteiger partial charge in [0.2, 0.25) is 21.8 Å². The molecule has 0 bridgehead atoms. The number of fused-ring (bicyclic) bond motifs is 1. The number of carboxylic acid groups (broad SMARTS) is 1. The molecule has 3 fully saturated rings. The molecule has 3 unspecified atom stereocenters. The molecule has 3 amide bonds. The van der Waals surface area contributed by atoms with E-state index in [0.717, 1.165) is 32.1 Å². The summed E-state index contributed by atoms with van der Waals surface area (Å²) >= 11 is 9.69. The molecule has 3 aromatic carbocycles. The number of hydrogen-bond acceptors (Lipinski definition) is 6. The van der Waals surface area contributed by atoms with E-state index in [1.807, 2.05) is 24.3 Å². The van der Waals surface area contributed by atoms with Crippen molar-refractivity contribution in [2.75, 3.05) is 20.2 Å². The van der Waals surface area contributed by atoms with Crippen LogP contribution in [0.15, 0.2) is 82.2 Å². The smallest absolute Gasteiger partial charge is 0.408 e. The van der Waals surface area contributed by atoms with Crippen molar-refractivity contribution >= 4 is 55.5 Å². The van der Waals surface area contributed by atoms with E-state index in [1.54, 1.807) is 35.2 Å². The SMILES string of the molecule is COc1ccc(Cl)cc1S(=O)(=O)N1CC(N(Cc2ccccc2)C(=O)O)C(=O)N2C(Cc3ccc(Br)cc3)C(=O)N(C3CC3)CC21. The lowest BCUT2D eigenvalue weighted by atomic mass is 9.96. The Balaban J connectivity index is 1.49. The third kappa shape index (κ3) is 6.20. The third-order valence-electron chi connectivity index (χ3n) is 8.67. The molecule has 0 spiro atoms. The average Bonchev–Trinajstić information content (AvgIpc) is 3.88. The molecule has 3 aliphatic rings. The summed E-state index contributed by atoms with van der Waals surface area (Å²) in [5.41, 5.74) is 1.38. The Labute approximate surface area is 280 Å². The van der Waals surface area contributed by atoms with E-state index < -0.39 is 46.8 Å². The molecule has 11 nitrogen and oxygen atoms in total. The lowest BCUT2D eigenvalue weighted by Crippen LogP contribution is -2.76. The van der Waals surface area contributed by atoms with Crippen molar-refractivity contribution < 1.29 is 32.6 Å². The fourth-order valence-electron chi connectivity index (χ4n) is 6.25. The van der Waals surface area contributed by atoms with Gasteiger partial charge in [0.25, 0.3) is 0 Å². The van der Waals surface area contributed by atoms with E-state index >= 15 is 0 Å².